The molecule has 96 valence electrons. The molecule has 2 nitrogen and oxygen atoms in total. The van der Waals surface area contributed by atoms with Crippen LogP contribution in [0.25, 0.3) is 0 Å². The van der Waals surface area contributed by atoms with Gasteiger partial charge in [0.05, 0.1) is 13.2 Å². The fourth-order valence-electron chi connectivity index (χ4n) is 1.77. The van der Waals surface area contributed by atoms with Crippen molar-refractivity contribution in [2.45, 2.75) is 26.7 Å². The molecule has 1 rings (SSSR count). The second kappa shape index (κ2) is 7.62. The summed E-state index contributed by atoms with van der Waals surface area (Å²) in [4.78, 5) is 0. The van der Waals surface area contributed by atoms with Crippen molar-refractivity contribution >= 4 is 12.6 Å². The van der Waals surface area contributed by atoms with E-state index < -0.39 is 0 Å². The first kappa shape index (κ1) is 14.4. The van der Waals surface area contributed by atoms with Gasteiger partial charge in [-0.2, -0.15) is 12.6 Å². The topological polar surface area (TPSA) is 18.5 Å². The first-order chi connectivity index (χ1) is 8.15. The number of aryl methyl sites for hydroxylation is 1. The van der Waals surface area contributed by atoms with Crippen LogP contribution in [0.3, 0.4) is 0 Å². The van der Waals surface area contributed by atoms with Crippen molar-refractivity contribution in [3.05, 3.63) is 29.3 Å². The van der Waals surface area contributed by atoms with E-state index in [-0.39, 0.29) is 0 Å². The van der Waals surface area contributed by atoms with Gasteiger partial charge in [-0.3, -0.25) is 0 Å². The maximum absolute atomic E-state index is 5.62. The number of ether oxygens (including phenoxy) is 2. The molecule has 0 N–H and O–H groups in total. The standard InChI is InChI=1S/C14H22O2S/c1-11(2)14-5-4-13(10-12(14)3)16-7-6-15-8-9-17/h4-5,10-11,17H,6-9H2,1-3H3. The molecule has 0 aliphatic rings. The first-order valence-electron chi connectivity index (χ1n) is 6.07. The summed E-state index contributed by atoms with van der Waals surface area (Å²) in [6.45, 7) is 8.42. The van der Waals surface area contributed by atoms with E-state index in [0.29, 0.717) is 25.7 Å². The average Bonchev–Trinajstić information content (AvgIpc) is 2.28. The molecule has 0 aromatic heterocycles. The summed E-state index contributed by atoms with van der Waals surface area (Å²) in [5, 5.41) is 0. The van der Waals surface area contributed by atoms with Crippen LogP contribution in [0.5, 0.6) is 5.75 Å². The highest BCUT2D eigenvalue weighted by Crippen LogP contribution is 2.23. The highest BCUT2D eigenvalue weighted by molar-refractivity contribution is 7.80. The monoisotopic (exact) mass is 254 g/mol. The van der Waals surface area contributed by atoms with Gasteiger partial charge < -0.3 is 9.47 Å². The Morgan fingerprint density at radius 2 is 1.94 bits per heavy atom. The van der Waals surface area contributed by atoms with Crippen LogP contribution in [0, 0.1) is 6.92 Å². The van der Waals surface area contributed by atoms with Crippen molar-refractivity contribution < 1.29 is 9.47 Å². The molecule has 17 heavy (non-hydrogen) atoms. The summed E-state index contributed by atoms with van der Waals surface area (Å²) in [5.74, 6) is 2.23. The number of benzene rings is 1. The molecule has 1 aromatic rings. The Morgan fingerprint density at radius 3 is 2.53 bits per heavy atom. The van der Waals surface area contributed by atoms with Crippen LogP contribution in [0.4, 0.5) is 0 Å². The predicted octanol–water partition coefficient (Wildman–Crippen LogP) is 3.44. The SMILES string of the molecule is Cc1cc(OCCOCCS)ccc1C(C)C. The van der Waals surface area contributed by atoms with Gasteiger partial charge >= 0.3 is 0 Å². The fraction of sp³-hybridized carbons (Fsp3) is 0.571. The van der Waals surface area contributed by atoms with E-state index in [1.54, 1.807) is 0 Å². The molecule has 0 unspecified atom stereocenters. The van der Waals surface area contributed by atoms with E-state index in [1.165, 1.54) is 11.1 Å². The van der Waals surface area contributed by atoms with Gasteiger partial charge in [0.2, 0.25) is 0 Å². The largest absolute Gasteiger partial charge is 0.491 e. The number of hydrogen-bond acceptors (Lipinski definition) is 3. The fourth-order valence-corrected chi connectivity index (χ4v) is 1.90. The molecule has 0 aliphatic carbocycles. The van der Waals surface area contributed by atoms with Gasteiger partial charge in [0, 0.05) is 5.75 Å². The Kier molecular flexibility index (Phi) is 6.45. The summed E-state index contributed by atoms with van der Waals surface area (Å²) in [7, 11) is 0. The van der Waals surface area contributed by atoms with Crippen LogP contribution in [0.2, 0.25) is 0 Å². The summed E-state index contributed by atoms with van der Waals surface area (Å²) in [5.41, 5.74) is 2.66. The lowest BCUT2D eigenvalue weighted by molar-refractivity contribution is 0.112. The lowest BCUT2D eigenvalue weighted by atomic mass is 9.98. The minimum Gasteiger partial charge on any atom is -0.491 e. The van der Waals surface area contributed by atoms with Crippen LogP contribution in [-0.2, 0) is 4.74 Å². The molecule has 0 spiro atoms. The lowest BCUT2D eigenvalue weighted by Gasteiger charge is -2.12. The van der Waals surface area contributed by atoms with Crippen molar-refractivity contribution in [3.63, 3.8) is 0 Å². The van der Waals surface area contributed by atoms with Gasteiger partial charge in [0.15, 0.2) is 0 Å². The third-order valence-electron chi connectivity index (χ3n) is 2.60. The molecule has 0 aliphatic heterocycles. The molecular formula is C14H22O2S. The molecule has 0 bridgehead atoms. The van der Waals surface area contributed by atoms with Crippen LogP contribution in [-0.4, -0.2) is 25.6 Å². The average molecular weight is 254 g/mol. The summed E-state index contributed by atoms with van der Waals surface area (Å²) < 4.78 is 10.9. The van der Waals surface area contributed by atoms with Crippen molar-refractivity contribution in [3.8, 4) is 5.75 Å². The first-order valence-corrected chi connectivity index (χ1v) is 6.70. The Hall–Kier alpha value is -0.670. The van der Waals surface area contributed by atoms with Crippen LogP contribution < -0.4 is 4.74 Å². The molecule has 0 radical (unpaired) electrons. The van der Waals surface area contributed by atoms with Gasteiger partial charge in [-0.05, 0) is 36.1 Å². The lowest BCUT2D eigenvalue weighted by Crippen LogP contribution is -2.08. The summed E-state index contributed by atoms with van der Waals surface area (Å²) in [6.07, 6.45) is 0. The van der Waals surface area contributed by atoms with E-state index in [9.17, 15) is 0 Å². The maximum atomic E-state index is 5.62. The van der Waals surface area contributed by atoms with E-state index >= 15 is 0 Å². The van der Waals surface area contributed by atoms with E-state index in [2.05, 4.69) is 45.5 Å². The van der Waals surface area contributed by atoms with Gasteiger partial charge in [-0.15, -0.1) is 0 Å². The normalized spacial score (nSPS) is 10.9. The maximum Gasteiger partial charge on any atom is 0.119 e. The highest BCUT2D eigenvalue weighted by Gasteiger charge is 2.04. The molecule has 0 atom stereocenters. The van der Waals surface area contributed by atoms with Crippen LogP contribution >= 0.6 is 12.6 Å². The minimum absolute atomic E-state index is 0.558. The molecule has 0 fully saturated rings. The number of hydrogen-bond donors (Lipinski definition) is 1. The van der Waals surface area contributed by atoms with Gasteiger partial charge in [-0.1, -0.05) is 19.9 Å². The number of thiol groups is 1. The predicted molar refractivity (Wildman–Crippen MR) is 75.4 cm³/mol. The van der Waals surface area contributed by atoms with E-state index in [1.807, 2.05) is 6.07 Å². The van der Waals surface area contributed by atoms with Crippen molar-refractivity contribution in [1.82, 2.24) is 0 Å². The third kappa shape index (κ3) is 5.00. The Balaban J connectivity index is 2.42. The second-order valence-corrected chi connectivity index (χ2v) is 4.80. The Morgan fingerprint density at radius 1 is 1.18 bits per heavy atom. The third-order valence-corrected chi connectivity index (χ3v) is 2.78. The summed E-state index contributed by atoms with van der Waals surface area (Å²) >= 11 is 4.07. The Bertz CT molecular complexity index is 337. The van der Waals surface area contributed by atoms with Crippen molar-refractivity contribution in [1.29, 1.82) is 0 Å². The Labute approximate surface area is 110 Å². The molecule has 0 saturated carbocycles. The van der Waals surface area contributed by atoms with Crippen molar-refractivity contribution in [2.24, 2.45) is 0 Å². The number of rotatable bonds is 7. The molecular weight excluding hydrogens is 232 g/mol. The van der Waals surface area contributed by atoms with E-state index in [4.69, 9.17) is 9.47 Å². The van der Waals surface area contributed by atoms with Crippen LogP contribution in [0.15, 0.2) is 18.2 Å². The van der Waals surface area contributed by atoms with Gasteiger partial charge in [0.25, 0.3) is 0 Å². The zero-order valence-corrected chi connectivity index (χ0v) is 11.8. The molecule has 1 aromatic carbocycles. The molecule has 0 saturated heterocycles. The highest BCUT2D eigenvalue weighted by atomic mass is 32.1. The van der Waals surface area contributed by atoms with E-state index in [0.717, 1.165) is 11.5 Å². The van der Waals surface area contributed by atoms with Gasteiger partial charge in [-0.25, -0.2) is 0 Å². The summed E-state index contributed by atoms with van der Waals surface area (Å²) in [6, 6.07) is 6.26. The van der Waals surface area contributed by atoms with Crippen LogP contribution in [0.1, 0.15) is 30.9 Å². The van der Waals surface area contributed by atoms with Crippen molar-refractivity contribution in [2.75, 3.05) is 25.6 Å². The minimum atomic E-state index is 0.558. The molecule has 3 heteroatoms. The smallest absolute Gasteiger partial charge is 0.119 e. The zero-order valence-electron chi connectivity index (χ0n) is 10.9. The van der Waals surface area contributed by atoms with Gasteiger partial charge in [0.1, 0.15) is 12.4 Å². The molecule has 0 heterocycles. The second-order valence-electron chi connectivity index (χ2n) is 4.36. The zero-order chi connectivity index (χ0) is 12.7. The quantitative estimate of drug-likeness (QED) is 0.593. The molecule has 0 amide bonds.